The summed E-state index contributed by atoms with van der Waals surface area (Å²) >= 11 is 0. The summed E-state index contributed by atoms with van der Waals surface area (Å²) in [6.07, 6.45) is 1.27. The molecule has 0 aromatic heterocycles. The van der Waals surface area contributed by atoms with E-state index in [1.807, 2.05) is 0 Å². The number of hydrogen-bond acceptors (Lipinski definition) is 6. The van der Waals surface area contributed by atoms with E-state index in [1.54, 1.807) is 18.2 Å². The van der Waals surface area contributed by atoms with Crippen LogP contribution in [0.4, 0.5) is 5.69 Å². The van der Waals surface area contributed by atoms with Crippen LogP contribution in [0.1, 0.15) is 33.6 Å². The highest BCUT2D eigenvalue weighted by Gasteiger charge is 2.55. The van der Waals surface area contributed by atoms with Gasteiger partial charge in [0.05, 0.1) is 11.1 Å². The van der Waals surface area contributed by atoms with Crippen LogP contribution in [0.2, 0.25) is 0 Å². The van der Waals surface area contributed by atoms with Crippen LogP contribution in [0.25, 0.3) is 0 Å². The molecule has 5 rings (SSSR count). The maximum absolute atomic E-state index is 12.8. The molecule has 3 heterocycles. The standard InChI is InChI=1S/C19H17N3O5/c23-8-14-12-6-21(7-13(12)14)9-1-2-10-11(5-9)19(27)22(18(10)26)15-3-4-16(24)20-17(15)25/h1-2,5,8,12-15H,3-4,6-7H2,(H,20,24,25)/t12-,13+,14+,15?. The van der Waals surface area contributed by atoms with E-state index in [9.17, 15) is 24.0 Å². The van der Waals surface area contributed by atoms with E-state index in [0.29, 0.717) is 11.8 Å². The third-order valence-corrected chi connectivity index (χ3v) is 6.21. The summed E-state index contributed by atoms with van der Waals surface area (Å²) in [7, 11) is 0. The summed E-state index contributed by atoms with van der Waals surface area (Å²) < 4.78 is 0. The van der Waals surface area contributed by atoms with Gasteiger partial charge in [-0.1, -0.05) is 0 Å². The van der Waals surface area contributed by atoms with Crippen molar-refractivity contribution in [1.29, 1.82) is 0 Å². The van der Waals surface area contributed by atoms with Gasteiger partial charge in [0.2, 0.25) is 11.8 Å². The Morgan fingerprint density at radius 2 is 1.70 bits per heavy atom. The van der Waals surface area contributed by atoms with Crippen molar-refractivity contribution in [3.63, 3.8) is 0 Å². The molecule has 3 fully saturated rings. The molecule has 0 radical (unpaired) electrons. The summed E-state index contributed by atoms with van der Waals surface area (Å²) in [5.74, 6) is -1.08. The summed E-state index contributed by atoms with van der Waals surface area (Å²) in [4.78, 5) is 63.0. The molecule has 4 amide bonds. The molecule has 3 aliphatic heterocycles. The number of benzene rings is 1. The number of nitrogens with zero attached hydrogens (tertiary/aromatic N) is 2. The number of carbonyl (C=O) groups excluding carboxylic acids is 5. The largest absolute Gasteiger partial charge is 0.371 e. The van der Waals surface area contributed by atoms with Crippen LogP contribution in [0.5, 0.6) is 0 Å². The van der Waals surface area contributed by atoms with Gasteiger partial charge in [0.15, 0.2) is 0 Å². The minimum atomic E-state index is -0.952. The number of rotatable bonds is 3. The molecule has 8 heteroatoms. The molecule has 1 unspecified atom stereocenters. The third-order valence-electron chi connectivity index (χ3n) is 6.21. The smallest absolute Gasteiger partial charge is 0.262 e. The van der Waals surface area contributed by atoms with Gasteiger partial charge in [-0.3, -0.25) is 29.4 Å². The van der Waals surface area contributed by atoms with Gasteiger partial charge in [-0.15, -0.1) is 0 Å². The summed E-state index contributed by atoms with van der Waals surface area (Å²) in [5, 5.41) is 2.19. The molecule has 4 atom stereocenters. The second kappa shape index (κ2) is 5.48. The predicted molar refractivity (Wildman–Crippen MR) is 91.9 cm³/mol. The number of carbonyl (C=O) groups is 5. The Balaban J connectivity index is 1.40. The monoisotopic (exact) mass is 367 g/mol. The van der Waals surface area contributed by atoms with Gasteiger partial charge < -0.3 is 9.69 Å². The highest BCUT2D eigenvalue weighted by atomic mass is 16.2. The van der Waals surface area contributed by atoms with Gasteiger partial charge in [-0.2, -0.15) is 0 Å². The Kier molecular flexibility index (Phi) is 3.28. The Morgan fingerprint density at radius 1 is 1.00 bits per heavy atom. The number of aldehydes is 1. The predicted octanol–water partition coefficient (Wildman–Crippen LogP) is -0.0311. The fraction of sp³-hybridized carbons (Fsp3) is 0.421. The number of nitrogens with one attached hydrogen (secondary N) is 1. The van der Waals surface area contributed by atoms with Crippen molar-refractivity contribution in [2.45, 2.75) is 18.9 Å². The van der Waals surface area contributed by atoms with E-state index in [2.05, 4.69) is 10.2 Å². The minimum absolute atomic E-state index is 0.101. The van der Waals surface area contributed by atoms with Gasteiger partial charge in [0.1, 0.15) is 12.3 Å². The number of hydrogen-bond donors (Lipinski definition) is 1. The molecule has 1 aromatic carbocycles. The van der Waals surface area contributed by atoms with E-state index in [0.717, 1.165) is 30.0 Å². The first-order valence-electron chi connectivity index (χ1n) is 9.05. The quantitative estimate of drug-likeness (QED) is 0.594. The van der Waals surface area contributed by atoms with Crippen molar-refractivity contribution in [1.82, 2.24) is 10.2 Å². The molecule has 1 N–H and O–H groups in total. The lowest BCUT2D eigenvalue weighted by atomic mass is 10.0. The molecular formula is C19H17N3O5. The van der Waals surface area contributed by atoms with E-state index in [-0.39, 0.29) is 29.9 Å². The summed E-state index contributed by atoms with van der Waals surface area (Å²) in [6, 6.07) is 4.17. The average molecular weight is 367 g/mol. The second-order valence-electron chi connectivity index (χ2n) is 7.62. The van der Waals surface area contributed by atoms with Crippen LogP contribution < -0.4 is 10.2 Å². The molecule has 1 aromatic rings. The molecule has 0 spiro atoms. The zero-order valence-electron chi connectivity index (χ0n) is 14.4. The van der Waals surface area contributed by atoms with Crippen molar-refractivity contribution < 1.29 is 24.0 Å². The minimum Gasteiger partial charge on any atom is -0.371 e. The van der Waals surface area contributed by atoms with Gasteiger partial charge in [0, 0.05) is 31.1 Å². The normalized spacial score (nSPS) is 31.7. The molecule has 138 valence electrons. The maximum atomic E-state index is 12.8. The van der Waals surface area contributed by atoms with Crippen molar-refractivity contribution in [3.8, 4) is 0 Å². The molecule has 8 nitrogen and oxygen atoms in total. The van der Waals surface area contributed by atoms with Crippen molar-refractivity contribution >= 4 is 35.6 Å². The number of piperidine rings is 2. The van der Waals surface area contributed by atoms with Gasteiger partial charge in [0.25, 0.3) is 11.8 Å². The van der Waals surface area contributed by atoms with Crippen LogP contribution in [0.15, 0.2) is 18.2 Å². The molecule has 1 aliphatic carbocycles. The number of imide groups is 2. The lowest BCUT2D eigenvalue weighted by Crippen LogP contribution is -2.54. The van der Waals surface area contributed by atoms with Crippen LogP contribution in [0, 0.1) is 17.8 Å². The topological polar surface area (TPSA) is 104 Å². The maximum Gasteiger partial charge on any atom is 0.262 e. The molecule has 1 saturated carbocycles. The van der Waals surface area contributed by atoms with E-state index < -0.39 is 29.7 Å². The Bertz CT molecular complexity index is 914. The fourth-order valence-electron chi connectivity index (χ4n) is 4.64. The van der Waals surface area contributed by atoms with Crippen LogP contribution in [-0.4, -0.2) is 53.9 Å². The van der Waals surface area contributed by atoms with Crippen LogP contribution >= 0.6 is 0 Å². The Labute approximate surface area is 154 Å². The Hall–Kier alpha value is -3.03. The third kappa shape index (κ3) is 2.25. The molecule has 0 bridgehead atoms. The summed E-state index contributed by atoms with van der Waals surface area (Å²) in [6.45, 7) is 1.54. The first-order chi connectivity index (χ1) is 13.0. The van der Waals surface area contributed by atoms with Gasteiger partial charge >= 0.3 is 0 Å². The molecule has 2 saturated heterocycles. The van der Waals surface area contributed by atoms with Crippen LogP contribution in [0.3, 0.4) is 0 Å². The highest BCUT2D eigenvalue weighted by Crippen LogP contribution is 2.51. The SMILES string of the molecule is O=C[C@@H]1[C@H]2CN(c3ccc4c(c3)C(=O)N(C3CCC(=O)NC3=O)C4=O)C[C@@H]12. The van der Waals surface area contributed by atoms with Gasteiger partial charge in [-0.05, 0) is 36.5 Å². The van der Waals surface area contributed by atoms with E-state index in [4.69, 9.17) is 0 Å². The molecule has 4 aliphatic rings. The fourth-order valence-corrected chi connectivity index (χ4v) is 4.64. The molecular weight excluding hydrogens is 350 g/mol. The summed E-state index contributed by atoms with van der Waals surface area (Å²) in [5.41, 5.74) is 1.41. The zero-order chi connectivity index (χ0) is 18.9. The average Bonchev–Trinajstić information content (AvgIpc) is 3.00. The van der Waals surface area contributed by atoms with Crippen molar-refractivity contribution in [3.05, 3.63) is 29.3 Å². The zero-order valence-corrected chi connectivity index (χ0v) is 14.4. The van der Waals surface area contributed by atoms with E-state index in [1.165, 1.54) is 0 Å². The highest BCUT2D eigenvalue weighted by molar-refractivity contribution is 6.23. The lowest BCUT2D eigenvalue weighted by molar-refractivity contribution is -0.136. The second-order valence-corrected chi connectivity index (χ2v) is 7.62. The number of anilines is 1. The lowest BCUT2D eigenvalue weighted by Gasteiger charge is -2.27. The van der Waals surface area contributed by atoms with Crippen LogP contribution in [-0.2, 0) is 14.4 Å². The Morgan fingerprint density at radius 3 is 2.37 bits per heavy atom. The number of fused-ring (bicyclic) bond motifs is 2. The number of amides is 4. The molecule has 27 heavy (non-hydrogen) atoms. The first kappa shape index (κ1) is 16.2. The van der Waals surface area contributed by atoms with E-state index >= 15 is 0 Å². The van der Waals surface area contributed by atoms with Gasteiger partial charge in [-0.25, -0.2) is 0 Å². The first-order valence-corrected chi connectivity index (χ1v) is 9.05. The van der Waals surface area contributed by atoms with Crippen molar-refractivity contribution in [2.75, 3.05) is 18.0 Å². The van der Waals surface area contributed by atoms with Crippen molar-refractivity contribution in [2.24, 2.45) is 17.8 Å².